The fourth-order valence-electron chi connectivity index (χ4n) is 2.60. The van der Waals surface area contributed by atoms with Gasteiger partial charge in [-0.2, -0.15) is 0 Å². The first-order valence-corrected chi connectivity index (χ1v) is 10.5. The predicted molar refractivity (Wildman–Crippen MR) is 120 cm³/mol. The standard InChI is InChI=1S/C21H17BrN2O6S/c1-24-19(27)17(9-12-6-7-16(15(22)8-12)30-11-18(25)26)31-21(24)23-14-5-3-4-13(10-14)20(28)29-2/h3-10H,11H2,1-2H3,(H,25,26). The molecule has 1 N–H and O–H groups in total. The van der Waals surface area contributed by atoms with Crippen molar-refractivity contribution in [2.24, 2.45) is 4.99 Å². The number of thioether (sulfide) groups is 1. The van der Waals surface area contributed by atoms with Gasteiger partial charge in [0, 0.05) is 7.05 Å². The van der Waals surface area contributed by atoms with Crippen molar-refractivity contribution < 1.29 is 29.0 Å². The van der Waals surface area contributed by atoms with Crippen LogP contribution >= 0.6 is 27.7 Å². The molecule has 0 aliphatic carbocycles. The smallest absolute Gasteiger partial charge is 0.341 e. The van der Waals surface area contributed by atoms with E-state index in [1.165, 1.54) is 23.8 Å². The fourth-order valence-corrected chi connectivity index (χ4v) is 4.09. The van der Waals surface area contributed by atoms with Crippen LogP contribution in [-0.4, -0.2) is 53.8 Å². The predicted octanol–water partition coefficient (Wildman–Crippen LogP) is 3.93. The molecule has 8 nitrogen and oxygen atoms in total. The number of amides is 1. The molecule has 1 amide bonds. The fraction of sp³-hybridized carbons (Fsp3) is 0.143. The minimum Gasteiger partial charge on any atom is -0.481 e. The number of carboxylic acids is 1. The molecule has 1 aliphatic heterocycles. The molecule has 1 fully saturated rings. The highest BCUT2D eigenvalue weighted by molar-refractivity contribution is 9.10. The van der Waals surface area contributed by atoms with Gasteiger partial charge in [-0.05, 0) is 69.7 Å². The molecule has 0 radical (unpaired) electrons. The van der Waals surface area contributed by atoms with Gasteiger partial charge in [0.25, 0.3) is 5.91 Å². The Morgan fingerprint density at radius 2 is 2.03 bits per heavy atom. The van der Waals surface area contributed by atoms with Gasteiger partial charge in [-0.25, -0.2) is 14.6 Å². The van der Waals surface area contributed by atoms with Crippen molar-refractivity contribution in [2.45, 2.75) is 0 Å². The summed E-state index contributed by atoms with van der Waals surface area (Å²) in [4.78, 5) is 41.4. The number of halogens is 1. The molecule has 0 unspecified atom stereocenters. The number of amidine groups is 1. The molecule has 0 atom stereocenters. The zero-order valence-electron chi connectivity index (χ0n) is 16.5. The minimum absolute atomic E-state index is 0.213. The van der Waals surface area contributed by atoms with Gasteiger partial charge in [-0.15, -0.1) is 0 Å². The first-order valence-electron chi connectivity index (χ1n) is 8.87. The maximum Gasteiger partial charge on any atom is 0.341 e. The number of aliphatic carboxylic acids is 1. The summed E-state index contributed by atoms with van der Waals surface area (Å²) in [6.45, 7) is -0.449. The summed E-state index contributed by atoms with van der Waals surface area (Å²) < 4.78 is 10.5. The molecular weight excluding hydrogens is 488 g/mol. The molecule has 3 rings (SSSR count). The quantitative estimate of drug-likeness (QED) is 0.469. The second-order valence-electron chi connectivity index (χ2n) is 6.28. The number of aliphatic imine (C=N–C) groups is 1. The molecule has 2 aromatic rings. The van der Waals surface area contributed by atoms with E-state index >= 15 is 0 Å². The number of rotatable bonds is 6. The Labute approximate surface area is 190 Å². The number of esters is 1. The zero-order chi connectivity index (χ0) is 22.5. The largest absolute Gasteiger partial charge is 0.481 e. The lowest BCUT2D eigenvalue weighted by molar-refractivity contribution is -0.139. The SMILES string of the molecule is COC(=O)c1cccc(N=C2SC(=Cc3ccc(OCC(=O)O)c(Br)c3)C(=O)N2C)c1. The van der Waals surface area contributed by atoms with E-state index in [1.807, 2.05) is 0 Å². The molecule has 0 bridgehead atoms. The first-order chi connectivity index (χ1) is 14.8. The Kier molecular flexibility index (Phi) is 7.13. The van der Waals surface area contributed by atoms with Crippen molar-refractivity contribution >= 4 is 62.5 Å². The highest BCUT2D eigenvalue weighted by atomic mass is 79.9. The molecular formula is C21H17BrN2O6S. The van der Waals surface area contributed by atoms with Gasteiger partial charge in [0.1, 0.15) is 5.75 Å². The zero-order valence-corrected chi connectivity index (χ0v) is 18.9. The van der Waals surface area contributed by atoms with Crippen LogP contribution in [0.15, 0.2) is 56.8 Å². The summed E-state index contributed by atoms with van der Waals surface area (Å²) in [6, 6.07) is 11.7. The van der Waals surface area contributed by atoms with E-state index in [-0.39, 0.29) is 5.91 Å². The van der Waals surface area contributed by atoms with Gasteiger partial charge >= 0.3 is 11.9 Å². The summed E-state index contributed by atoms with van der Waals surface area (Å²) in [5.41, 5.74) is 1.62. The van der Waals surface area contributed by atoms with E-state index < -0.39 is 18.5 Å². The van der Waals surface area contributed by atoms with E-state index in [4.69, 9.17) is 14.6 Å². The molecule has 0 saturated carbocycles. The number of nitrogens with zero attached hydrogens (tertiary/aromatic N) is 2. The van der Waals surface area contributed by atoms with Crippen LogP contribution in [0, 0.1) is 0 Å². The number of carbonyl (C=O) groups is 3. The minimum atomic E-state index is -1.07. The van der Waals surface area contributed by atoms with Gasteiger partial charge < -0.3 is 14.6 Å². The highest BCUT2D eigenvalue weighted by Gasteiger charge is 2.30. The molecule has 1 saturated heterocycles. The second kappa shape index (κ2) is 9.80. The van der Waals surface area contributed by atoms with E-state index in [0.29, 0.717) is 31.5 Å². The van der Waals surface area contributed by atoms with Crippen LogP contribution in [0.2, 0.25) is 0 Å². The normalized spacial score (nSPS) is 16.1. The van der Waals surface area contributed by atoms with Crippen molar-refractivity contribution in [3.8, 4) is 5.75 Å². The van der Waals surface area contributed by atoms with Crippen LogP contribution in [0.3, 0.4) is 0 Å². The summed E-state index contributed by atoms with van der Waals surface area (Å²) in [5, 5.41) is 9.19. The number of likely N-dealkylation sites (N-methyl/N-ethyl adjacent to an activating group) is 1. The molecule has 1 heterocycles. The van der Waals surface area contributed by atoms with Crippen molar-refractivity contribution in [2.75, 3.05) is 20.8 Å². The van der Waals surface area contributed by atoms with Gasteiger partial charge in [0.05, 0.1) is 27.7 Å². The van der Waals surface area contributed by atoms with Crippen LogP contribution in [0.1, 0.15) is 15.9 Å². The van der Waals surface area contributed by atoms with E-state index in [9.17, 15) is 14.4 Å². The molecule has 10 heteroatoms. The van der Waals surface area contributed by atoms with Gasteiger partial charge in [0.15, 0.2) is 11.8 Å². The average Bonchev–Trinajstić information content (AvgIpc) is 3.00. The third-order valence-electron chi connectivity index (χ3n) is 4.10. The Hall–Kier alpha value is -3.11. The highest BCUT2D eigenvalue weighted by Crippen LogP contribution is 2.34. The average molecular weight is 505 g/mol. The molecule has 31 heavy (non-hydrogen) atoms. The van der Waals surface area contributed by atoms with Crippen molar-refractivity contribution in [1.82, 2.24) is 4.90 Å². The van der Waals surface area contributed by atoms with Gasteiger partial charge in [-0.1, -0.05) is 12.1 Å². The third kappa shape index (κ3) is 5.53. The number of benzene rings is 2. The first kappa shape index (κ1) is 22.6. The topological polar surface area (TPSA) is 106 Å². The monoisotopic (exact) mass is 504 g/mol. The second-order valence-corrected chi connectivity index (χ2v) is 8.15. The lowest BCUT2D eigenvalue weighted by Crippen LogP contribution is -2.23. The summed E-state index contributed by atoms with van der Waals surface area (Å²) in [5.74, 6) is -1.36. The molecule has 0 aromatic heterocycles. The van der Waals surface area contributed by atoms with Gasteiger partial charge in [-0.3, -0.25) is 9.69 Å². The maximum atomic E-state index is 12.6. The number of carbonyl (C=O) groups excluding carboxylic acids is 2. The van der Waals surface area contributed by atoms with Crippen LogP contribution in [-0.2, 0) is 14.3 Å². The molecule has 1 aliphatic rings. The molecule has 160 valence electrons. The Morgan fingerprint density at radius 3 is 2.71 bits per heavy atom. The van der Waals surface area contributed by atoms with E-state index in [1.54, 1.807) is 55.6 Å². The maximum absolute atomic E-state index is 12.6. The van der Waals surface area contributed by atoms with E-state index in [0.717, 1.165) is 5.56 Å². The van der Waals surface area contributed by atoms with Crippen LogP contribution < -0.4 is 4.74 Å². The molecule has 2 aromatic carbocycles. The number of ether oxygens (including phenoxy) is 2. The van der Waals surface area contributed by atoms with Crippen LogP contribution in [0.5, 0.6) is 5.75 Å². The molecule has 0 spiro atoms. The lowest BCUT2D eigenvalue weighted by atomic mass is 10.2. The van der Waals surface area contributed by atoms with Crippen molar-refractivity contribution in [1.29, 1.82) is 0 Å². The number of methoxy groups -OCH3 is 1. The van der Waals surface area contributed by atoms with Crippen LogP contribution in [0.4, 0.5) is 5.69 Å². The third-order valence-corrected chi connectivity index (χ3v) is 5.78. The number of hydrogen-bond acceptors (Lipinski definition) is 7. The van der Waals surface area contributed by atoms with Crippen molar-refractivity contribution in [3.63, 3.8) is 0 Å². The van der Waals surface area contributed by atoms with Crippen LogP contribution in [0.25, 0.3) is 6.08 Å². The summed E-state index contributed by atoms with van der Waals surface area (Å²) >= 11 is 4.55. The Balaban J connectivity index is 1.82. The van der Waals surface area contributed by atoms with Crippen molar-refractivity contribution in [3.05, 3.63) is 63.0 Å². The lowest BCUT2D eigenvalue weighted by Gasteiger charge is -2.07. The Bertz CT molecular complexity index is 1110. The van der Waals surface area contributed by atoms with E-state index in [2.05, 4.69) is 20.9 Å². The summed E-state index contributed by atoms with van der Waals surface area (Å²) in [6.07, 6.45) is 1.71. The Morgan fingerprint density at radius 1 is 1.26 bits per heavy atom. The van der Waals surface area contributed by atoms with Gasteiger partial charge in [0.2, 0.25) is 0 Å². The number of carboxylic acid groups (broad SMARTS) is 1. The number of hydrogen-bond donors (Lipinski definition) is 1. The summed E-state index contributed by atoms with van der Waals surface area (Å²) in [7, 11) is 2.93.